The second kappa shape index (κ2) is 15.7. The average Bonchev–Trinajstić information content (AvgIpc) is 2.88. The molecule has 12 nitrogen and oxygen atoms in total. The van der Waals surface area contributed by atoms with Gasteiger partial charge in [-0.1, -0.05) is 25.7 Å². The third-order valence-electron chi connectivity index (χ3n) is 8.52. The normalized spacial score (nSPS) is 33.4. The standard InChI is InChI=1S/C28H52N2O10/c1-27(2)17(13-31)25(37)23(19(15-33)39-27)29-21(35)11-9-7-5-6-8-10-12-22(36)30-24-20(16-34)40-28(3,4)18(14-32)26(24)38/h17-20,23-26,31-34,37-38H,5-16H2,1-4H3,(H,29,35)(H,30,36)/t17-,18-,19+,20+,23-,24-,25-,26-/m0/s1. The lowest BCUT2D eigenvalue weighted by Crippen LogP contribution is -2.65. The number of rotatable bonds is 15. The molecule has 8 N–H and O–H groups in total. The molecule has 2 heterocycles. The minimum absolute atomic E-state index is 0.249. The van der Waals surface area contributed by atoms with E-state index >= 15 is 0 Å². The topological polar surface area (TPSA) is 198 Å². The molecule has 2 aliphatic rings. The highest BCUT2D eigenvalue weighted by Gasteiger charge is 2.50. The van der Waals surface area contributed by atoms with Crippen molar-refractivity contribution >= 4 is 11.8 Å². The van der Waals surface area contributed by atoms with Crippen LogP contribution in [0.2, 0.25) is 0 Å². The van der Waals surface area contributed by atoms with Crippen molar-refractivity contribution in [2.75, 3.05) is 26.4 Å². The third kappa shape index (κ3) is 9.06. The monoisotopic (exact) mass is 576 g/mol. The quantitative estimate of drug-likeness (QED) is 0.116. The molecule has 0 aromatic heterocycles. The summed E-state index contributed by atoms with van der Waals surface area (Å²) >= 11 is 0. The number of carbonyl (C=O) groups is 2. The number of amides is 2. The minimum atomic E-state index is -1.04. The summed E-state index contributed by atoms with van der Waals surface area (Å²) in [6.07, 6.45) is 1.64. The van der Waals surface area contributed by atoms with Crippen molar-refractivity contribution in [1.82, 2.24) is 10.6 Å². The molecule has 2 aliphatic heterocycles. The van der Waals surface area contributed by atoms with Crippen LogP contribution in [0.25, 0.3) is 0 Å². The van der Waals surface area contributed by atoms with Gasteiger partial charge in [0, 0.05) is 24.7 Å². The Morgan fingerprint density at radius 3 is 1.23 bits per heavy atom. The van der Waals surface area contributed by atoms with E-state index in [2.05, 4.69) is 10.6 Å². The van der Waals surface area contributed by atoms with Gasteiger partial charge in [0.15, 0.2) is 0 Å². The summed E-state index contributed by atoms with van der Waals surface area (Å²) in [6.45, 7) is 5.62. The Kier molecular flexibility index (Phi) is 13.7. The Morgan fingerprint density at radius 2 is 0.925 bits per heavy atom. The van der Waals surface area contributed by atoms with E-state index in [9.17, 15) is 40.2 Å². The van der Waals surface area contributed by atoms with Crippen molar-refractivity contribution in [3.05, 3.63) is 0 Å². The Hall–Kier alpha value is -1.38. The van der Waals surface area contributed by atoms with Gasteiger partial charge in [-0.2, -0.15) is 0 Å². The minimum Gasteiger partial charge on any atom is -0.396 e. The van der Waals surface area contributed by atoms with Gasteiger partial charge >= 0.3 is 0 Å². The van der Waals surface area contributed by atoms with Crippen LogP contribution in [0, 0.1) is 11.8 Å². The maximum Gasteiger partial charge on any atom is 0.220 e. The molecule has 0 saturated carbocycles. The third-order valence-corrected chi connectivity index (χ3v) is 8.52. The SMILES string of the molecule is CC1(C)O[C@H](CO)[C@H](NC(=O)CCCCCCCCC(=O)N[C@@H]2[C@@H](O)[C@H](CO)C(C)(C)O[C@@H]2CO)[C@@H](O)[C@@H]1CO. The highest BCUT2D eigenvalue weighted by molar-refractivity contribution is 5.76. The lowest BCUT2D eigenvalue weighted by atomic mass is 9.78. The predicted molar refractivity (Wildman–Crippen MR) is 146 cm³/mol. The van der Waals surface area contributed by atoms with Crippen molar-refractivity contribution in [3.63, 3.8) is 0 Å². The van der Waals surface area contributed by atoms with E-state index in [0.29, 0.717) is 12.8 Å². The molecule has 12 heteroatoms. The van der Waals surface area contributed by atoms with Crippen LogP contribution in [0.1, 0.15) is 79.1 Å². The first-order valence-corrected chi connectivity index (χ1v) is 14.6. The summed E-state index contributed by atoms with van der Waals surface area (Å²) < 4.78 is 11.7. The maximum atomic E-state index is 12.5. The van der Waals surface area contributed by atoms with E-state index in [4.69, 9.17) is 9.47 Å². The van der Waals surface area contributed by atoms with E-state index in [1.807, 2.05) is 0 Å². The fourth-order valence-electron chi connectivity index (χ4n) is 5.97. The van der Waals surface area contributed by atoms with E-state index in [0.717, 1.165) is 25.7 Å². The summed E-state index contributed by atoms with van der Waals surface area (Å²) in [7, 11) is 0. The first kappa shape index (κ1) is 34.8. The Labute approximate surface area is 237 Å². The molecular formula is C28H52N2O10. The summed E-state index contributed by atoms with van der Waals surface area (Å²) in [5, 5.41) is 65.6. The number of hydrogen-bond donors (Lipinski definition) is 8. The van der Waals surface area contributed by atoms with Crippen LogP contribution in [0.4, 0.5) is 0 Å². The summed E-state index contributed by atoms with van der Waals surface area (Å²) in [4.78, 5) is 24.9. The van der Waals surface area contributed by atoms with Crippen molar-refractivity contribution < 1.29 is 49.7 Å². The molecule has 0 bridgehead atoms. The van der Waals surface area contributed by atoms with E-state index < -0.39 is 59.5 Å². The molecule has 0 spiro atoms. The molecule has 2 fully saturated rings. The first-order chi connectivity index (χ1) is 18.8. The van der Waals surface area contributed by atoms with E-state index in [1.54, 1.807) is 27.7 Å². The Bertz CT molecular complexity index is 731. The zero-order valence-corrected chi connectivity index (χ0v) is 24.4. The molecule has 40 heavy (non-hydrogen) atoms. The fraction of sp³-hybridized carbons (Fsp3) is 0.929. The van der Waals surface area contributed by atoms with Crippen molar-refractivity contribution in [1.29, 1.82) is 0 Å². The van der Waals surface area contributed by atoms with Crippen molar-refractivity contribution in [3.8, 4) is 0 Å². The van der Waals surface area contributed by atoms with Gasteiger partial charge in [-0.15, -0.1) is 0 Å². The molecule has 2 rings (SSSR count). The number of aliphatic hydroxyl groups is 6. The summed E-state index contributed by atoms with van der Waals surface area (Å²) in [5.74, 6) is -1.68. The second-order valence-electron chi connectivity index (χ2n) is 12.3. The molecular weight excluding hydrogens is 524 g/mol. The predicted octanol–water partition coefficient (Wildman–Crippen LogP) is -0.645. The van der Waals surface area contributed by atoms with E-state index in [-0.39, 0.29) is 51.1 Å². The number of nitrogens with one attached hydrogen (secondary N) is 2. The van der Waals surface area contributed by atoms with E-state index in [1.165, 1.54) is 0 Å². The first-order valence-electron chi connectivity index (χ1n) is 14.6. The van der Waals surface area contributed by atoms with Gasteiger partial charge in [-0.25, -0.2) is 0 Å². The number of carbonyl (C=O) groups excluding carboxylic acids is 2. The van der Waals surface area contributed by atoms with Crippen molar-refractivity contribution in [2.24, 2.45) is 11.8 Å². The molecule has 0 aliphatic carbocycles. The largest absolute Gasteiger partial charge is 0.396 e. The van der Waals surface area contributed by atoms with Gasteiger partial charge in [0.2, 0.25) is 11.8 Å². The molecule has 2 saturated heterocycles. The average molecular weight is 577 g/mol. The number of hydrogen-bond acceptors (Lipinski definition) is 10. The molecule has 0 radical (unpaired) electrons. The molecule has 0 aromatic carbocycles. The van der Waals surface area contributed by atoms with Crippen LogP contribution in [0.3, 0.4) is 0 Å². The molecule has 0 unspecified atom stereocenters. The molecule has 8 atom stereocenters. The molecule has 2 amide bonds. The highest BCUT2D eigenvalue weighted by atomic mass is 16.5. The zero-order chi connectivity index (χ0) is 30.1. The van der Waals surface area contributed by atoms with Gasteiger partial charge in [0.1, 0.15) is 12.2 Å². The van der Waals surface area contributed by atoms with Crippen LogP contribution >= 0.6 is 0 Å². The summed E-state index contributed by atoms with van der Waals surface area (Å²) in [6, 6.07) is -1.60. The zero-order valence-electron chi connectivity index (χ0n) is 24.4. The van der Waals surface area contributed by atoms with Crippen LogP contribution < -0.4 is 10.6 Å². The maximum absolute atomic E-state index is 12.5. The highest BCUT2D eigenvalue weighted by Crippen LogP contribution is 2.35. The Balaban J connectivity index is 1.64. The molecule has 234 valence electrons. The number of aliphatic hydroxyl groups excluding tert-OH is 6. The Morgan fingerprint density at radius 1 is 0.600 bits per heavy atom. The lowest BCUT2D eigenvalue weighted by Gasteiger charge is -2.48. The smallest absolute Gasteiger partial charge is 0.220 e. The summed E-state index contributed by atoms with van der Waals surface area (Å²) in [5.41, 5.74) is -1.67. The van der Waals surface area contributed by atoms with Crippen LogP contribution in [0.5, 0.6) is 0 Å². The molecule has 0 aromatic rings. The van der Waals surface area contributed by atoms with Gasteiger partial charge in [0.05, 0.1) is 61.9 Å². The van der Waals surface area contributed by atoms with Gasteiger partial charge in [-0.05, 0) is 40.5 Å². The van der Waals surface area contributed by atoms with Gasteiger partial charge < -0.3 is 50.7 Å². The van der Waals surface area contributed by atoms with Crippen LogP contribution in [0.15, 0.2) is 0 Å². The van der Waals surface area contributed by atoms with Gasteiger partial charge in [0.25, 0.3) is 0 Å². The van der Waals surface area contributed by atoms with Crippen LogP contribution in [-0.4, -0.2) is 117 Å². The number of ether oxygens (including phenoxy) is 2. The number of unbranched alkanes of at least 4 members (excludes halogenated alkanes) is 5. The van der Waals surface area contributed by atoms with Crippen molar-refractivity contribution in [2.45, 2.75) is 127 Å². The second-order valence-corrected chi connectivity index (χ2v) is 12.3. The lowest BCUT2D eigenvalue weighted by molar-refractivity contribution is -0.216. The van der Waals surface area contributed by atoms with Gasteiger partial charge in [-0.3, -0.25) is 9.59 Å². The fourth-order valence-corrected chi connectivity index (χ4v) is 5.97. The van der Waals surface area contributed by atoms with Crippen LogP contribution in [-0.2, 0) is 19.1 Å².